The molecule has 0 amide bonds. The number of aromatic nitrogens is 2. The van der Waals surface area contributed by atoms with Gasteiger partial charge in [0.15, 0.2) is 0 Å². The van der Waals surface area contributed by atoms with Gasteiger partial charge in [-0.15, -0.1) is 0 Å². The Kier molecular flexibility index (Phi) is 5.38. The molecule has 1 aromatic heterocycles. The molecule has 1 N–H and O–H groups in total. The standard InChI is InChI=1S/C19H19ClN2O3/c1-24-12-22-11-17(13-3-7-15(20)8-4-13)21-19(22)18(23)14-5-9-16(25-2)10-6-14/h3-11,18,23H,12H2,1-2H3/t18-/m1/s1. The van der Waals surface area contributed by atoms with Crippen LogP contribution in [0.2, 0.25) is 5.02 Å². The molecule has 0 unspecified atom stereocenters. The molecule has 3 aromatic rings. The Labute approximate surface area is 151 Å². The average Bonchev–Trinajstić information content (AvgIpc) is 3.06. The van der Waals surface area contributed by atoms with Gasteiger partial charge < -0.3 is 19.1 Å². The number of aliphatic hydroxyl groups excluding tert-OH is 1. The zero-order chi connectivity index (χ0) is 17.8. The summed E-state index contributed by atoms with van der Waals surface area (Å²) < 4.78 is 12.2. The van der Waals surface area contributed by atoms with Gasteiger partial charge in [0.25, 0.3) is 0 Å². The zero-order valence-corrected chi connectivity index (χ0v) is 14.8. The first-order chi connectivity index (χ1) is 12.1. The van der Waals surface area contributed by atoms with Gasteiger partial charge in [0.1, 0.15) is 24.4 Å². The van der Waals surface area contributed by atoms with Crippen LogP contribution in [0.5, 0.6) is 5.75 Å². The molecule has 0 saturated carbocycles. The van der Waals surface area contributed by atoms with E-state index in [0.29, 0.717) is 17.6 Å². The van der Waals surface area contributed by atoms with E-state index in [2.05, 4.69) is 4.98 Å². The third-order valence-corrected chi connectivity index (χ3v) is 4.14. The Morgan fingerprint density at radius 1 is 1.08 bits per heavy atom. The molecular weight excluding hydrogens is 340 g/mol. The minimum Gasteiger partial charge on any atom is -0.497 e. The van der Waals surface area contributed by atoms with E-state index >= 15 is 0 Å². The lowest BCUT2D eigenvalue weighted by Gasteiger charge is -2.13. The highest BCUT2D eigenvalue weighted by molar-refractivity contribution is 6.30. The molecule has 25 heavy (non-hydrogen) atoms. The van der Waals surface area contributed by atoms with Gasteiger partial charge >= 0.3 is 0 Å². The smallest absolute Gasteiger partial charge is 0.144 e. The summed E-state index contributed by atoms with van der Waals surface area (Å²) in [5.74, 6) is 1.25. The summed E-state index contributed by atoms with van der Waals surface area (Å²) in [4.78, 5) is 4.61. The van der Waals surface area contributed by atoms with Crippen LogP contribution in [-0.2, 0) is 11.5 Å². The summed E-state index contributed by atoms with van der Waals surface area (Å²) in [6.07, 6.45) is 0.983. The van der Waals surface area contributed by atoms with Crippen molar-refractivity contribution < 1.29 is 14.6 Å². The first kappa shape index (κ1) is 17.5. The van der Waals surface area contributed by atoms with Crippen molar-refractivity contribution in [3.8, 4) is 17.0 Å². The van der Waals surface area contributed by atoms with Crippen molar-refractivity contribution in [1.29, 1.82) is 0 Å². The van der Waals surface area contributed by atoms with Gasteiger partial charge in [0.2, 0.25) is 0 Å². The summed E-state index contributed by atoms with van der Waals surface area (Å²) in [6, 6.07) is 14.7. The zero-order valence-electron chi connectivity index (χ0n) is 14.0. The van der Waals surface area contributed by atoms with E-state index in [1.54, 1.807) is 18.8 Å². The van der Waals surface area contributed by atoms with Gasteiger partial charge in [-0.3, -0.25) is 0 Å². The fourth-order valence-corrected chi connectivity index (χ4v) is 2.71. The second-order valence-corrected chi connectivity index (χ2v) is 5.99. The Morgan fingerprint density at radius 2 is 1.76 bits per heavy atom. The van der Waals surface area contributed by atoms with Crippen LogP contribution in [0.25, 0.3) is 11.3 Å². The molecule has 0 saturated heterocycles. The fourth-order valence-electron chi connectivity index (χ4n) is 2.59. The van der Waals surface area contributed by atoms with E-state index in [0.717, 1.165) is 22.6 Å². The number of hydrogen-bond acceptors (Lipinski definition) is 4. The molecule has 1 heterocycles. The normalized spacial score (nSPS) is 12.2. The molecule has 2 aromatic carbocycles. The summed E-state index contributed by atoms with van der Waals surface area (Å²) in [6.45, 7) is 0.295. The number of rotatable bonds is 6. The van der Waals surface area contributed by atoms with Crippen LogP contribution in [0.3, 0.4) is 0 Å². The van der Waals surface area contributed by atoms with Crippen molar-refractivity contribution in [2.45, 2.75) is 12.8 Å². The first-order valence-electron chi connectivity index (χ1n) is 7.76. The maximum absolute atomic E-state index is 10.8. The van der Waals surface area contributed by atoms with E-state index in [1.165, 1.54) is 0 Å². The van der Waals surface area contributed by atoms with E-state index < -0.39 is 6.10 Å². The first-order valence-corrected chi connectivity index (χ1v) is 8.14. The summed E-state index contributed by atoms with van der Waals surface area (Å²) >= 11 is 5.94. The van der Waals surface area contributed by atoms with E-state index in [9.17, 15) is 5.11 Å². The average molecular weight is 359 g/mol. The third kappa shape index (κ3) is 3.85. The highest BCUT2D eigenvalue weighted by Crippen LogP contribution is 2.27. The Bertz CT molecular complexity index is 829. The van der Waals surface area contributed by atoms with Crippen LogP contribution < -0.4 is 4.74 Å². The molecule has 3 rings (SSSR count). The lowest BCUT2D eigenvalue weighted by atomic mass is 10.1. The van der Waals surface area contributed by atoms with Crippen LogP contribution in [0.1, 0.15) is 17.5 Å². The van der Waals surface area contributed by atoms with Crippen molar-refractivity contribution in [2.75, 3.05) is 14.2 Å². The number of halogens is 1. The van der Waals surface area contributed by atoms with Gasteiger partial charge in [-0.2, -0.15) is 0 Å². The molecule has 0 bridgehead atoms. The number of benzene rings is 2. The van der Waals surface area contributed by atoms with Gasteiger partial charge in [-0.05, 0) is 29.8 Å². The monoisotopic (exact) mass is 358 g/mol. The van der Waals surface area contributed by atoms with Crippen molar-refractivity contribution in [3.63, 3.8) is 0 Å². The van der Waals surface area contributed by atoms with Crippen molar-refractivity contribution in [2.24, 2.45) is 0 Å². The van der Waals surface area contributed by atoms with Crippen molar-refractivity contribution in [3.05, 3.63) is 71.1 Å². The number of nitrogens with zero attached hydrogens (tertiary/aromatic N) is 2. The molecule has 0 radical (unpaired) electrons. The largest absolute Gasteiger partial charge is 0.497 e. The number of methoxy groups -OCH3 is 2. The molecule has 0 aliphatic heterocycles. The fraction of sp³-hybridized carbons (Fsp3) is 0.211. The van der Waals surface area contributed by atoms with Crippen molar-refractivity contribution >= 4 is 11.6 Å². The number of hydrogen-bond donors (Lipinski definition) is 1. The third-order valence-electron chi connectivity index (χ3n) is 3.89. The summed E-state index contributed by atoms with van der Waals surface area (Å²) in [5, 5.41) is 11.4. The van der Waals surface area contributed by atoms with Crippen LogP contribution in [0.4, 0.5) is 0 Å². The van der Waals surface area contributed by atoms with Crippen LogP contribution in [0, 0.1) is 0 Å². The second-order valence-electron chi connectivity index (χ2n) is 5.55. The molecule has 130 valence electrons. The van der Waals surface area contributed by atoms with E-state index in [4.69, 9.17) is 21.1 Å². The number of aliphatic hydroxyl groups is 1. The highest BCUT2D eigenvalue weighted by atomic mass is 35.5. The molecule has 0 aliphatic rings. The minimum atomic E-state index is -0.873. The summed E-state index contributed by atoms with van der Waals surface area (Å²) in [7, 11) is 3.21. The lowest BCUT2D eigenvalue weighted by Crippen LogP contribution is -2.10. The molecular formula is C19H19ClN2O3. The Hall–Kier alpha value is -2.34. The maximum atomic E-state index is 10.8. The van der Waals surface area contributed by atoms with E-state index in [-0.39, 0.29) is 0 Å². The maximum Gasteiger partial charge on any atom is 0.144 e. The topological polar surface area (TPSA) is 56.5 Å². The number of ether oxygens (including phenoxy) is 2. The Balaban J connectivity index is 1.96. The highest BCUT2D eigenvalue weighted by Gasteiger charge is 2.19. The van der Waals surface area contributed by atoms with Crippen LogP contribution in [0.15, 0.2) is 54.7 Å². The lowest BCUT2D eigenvalue weighted by molar-refractivity contribution is 0.117. The molecule has 6 heteroatoms. The Morgan fingerprint density at radius 3 is 2.36 bits per heavy atom. The number of imidazole rings is 1. The quantitative estimate of drug-likeness (QED) is 0.726. The molecule has 0 aliphatic carbocycles. The predicted molar refractivity (Wildman–Crippen MR) is 96.7 cm³/mol. The molecule has 1 atom stereocenters. The van der Waals surface area contributed by atoms with Crippen molar-refractivity contribution in [1.82, 2.24) is 9.55 Å². The second kappa shape index (κ2) is 7.70. The predicted octanol–water partition coefficient (Wildman–Crippen LogP) is 3.90. The van der Waals surface area contributed by atoms with Gasteiger partial charge in [-0.1, -0.05) is 35.9 Å². The van der Waals surface area contributed by atoms with Crippen LogP contribution in [-0.4, -0.2) is 28.9 Å². The summed E-state index contributed by atoms with van der Waals surface area (Å²) in [5.41, 5.74) is 2.39. The van der Waals surface area contributed by atoms with Gasteiger partial charge in [0.05, 0.1) is 12.8 Å². The molecule has 0 fully saturated rings. The van der Waals surface area contributed by atoms with Gasteiger partial charge in [-0.25, -0.2) is 4.98 Å². The minimum absolute atomic E-state index is 0.295. The molecule has 0 spiro atoms. The van der Waals surface area contributed by atoms with E-state index in [1.807, 2.05) is 54.7 Å². The molecule has 5 nitrogen and oxygen atoms in total. The van der Waals surface area contributed by atoms with Crippen LogP contribution >= 0.6 is 11.6 Å². The van der Waals surface area contributed by atoms with Gasteiger partial charge in [0, 0.05) is 23.9 Å². The SMILES string of the molecule is COCn1cc(-c2ccc(Cl)cc2)nc1[C@H](O)c1ccc(OC)cc1.